The van der Waals surface area contributed by atoms with Crippen LogP contribution in [0.3, 0.4) is 0 Å². The molecule has 104 valence electrons. The summed E-state index contributed by atoms with van der Waals surface area (Å²) in [6.07, 6.45) is 2.41. The van der Waals surface area contributed by atoms with Crippen LogP contribution in [0, 0.1) is 0 Å². The summed E-state index contributed by atoms with van der Waals surface area (Å²) in [6, 6.07) is 2.55. The minimum atomic E-state index is -0.230. The molecular formula is C13H21N5O. The molecule has 0 aliphatic carbocycles. The van der Waals surface area contributed by atoms with Crippen molar-refractivity contribution in [2.75, 3.05) is 18.0 Å². The second-order valence-electron chi connectivity index (χ2n) is 5.55. The van der Waals surface area contributed by atoms with Gasteiger partial charge in [-0.05, 0) is 26.3 Å². The summed E-state index contributed by atoms with van der Waals surface area (Å²) in [4.78, 5) is 11.3. The zero-order valence-electron chi connectivity index (χ0n) is 11.4. The van der Waals surface area contributed by atoms with Crippen LogP contribution in [0.2, 0.25) is 0 Å². The van der Waals surface area contributed by atoms with Gasteiger partial charge in [-0.1, -0.05) is 0 Å². The molecule has 3 unspecified atom stereocenters. The van der Waals surface area contributed by atoms with Crippen LogP contribution in [0.4, 0.5) is 5.82 Å². The first-order valence-electron chi connectivity index (χ1n) is 6.92. The van der Waals surface area contributed by atoms with Crippen molar-refractivity contribution in [3.8, 4) is 0 Å². The molecule has 6 heteroatoms. The fourth-order valence-electron chi connectivity index (χ4n) is 2.97. The van der Waals surface area contributed by atoms with Gasteiger partial charge in [0, 0.05) is 31.4 Å². The Hall–Kier alpha value is -1.24. The highest BCUT2D eigenvalue weighted by molar-refractivity contribution is 5.39. The standard InChI is InChI=1S/C13H21N5O/c1-8-12(9(2)17-16-8)13-14-5-3-11(15-13)18-6-4-10(19)7-18/h3,5,8-10,12,16-17,19H,4,6-7H2,1-2H3. The van der Waals surface area contributed by atoms with E-state index in [1.165, 1.54) is 0 Å². The summed E-state index contributed by atoms with van der Waals surface area (Å²) in [5.41, 5.74) is 6.46. The van der Waals surface area contributed by atoms with E-state index in [0.717, 1.165) is 24.6 Å². The number of aromatic nitrogens is 2. The Labute approximate surface area is 113 Å². The van der Waals surface area contributed by atoms with E-state index in [0.29, 0.717) is 18.6 Å². The van der Waals surface area contributed by atoms with Gasteiger partial charge in [0.2, 0.25) is 0 Å². The molecule has 3 heterocycles. The Bertz CT molecular complexity index is 444. The SMILES string of the molecule is CC1NNC(C)C1c1nccc(N2CCC(O)C2)n1. The lowest BCUT2D eigenvalue weighted by molar-refractivity contribution is 0.198. The minimum absolute atomic E-state index is 0.230. The van der Waals surface area contributed by atoms with Gasteiger partial charge in [-0.2, -0.15) is 0 Å². The Morgan fingerprint density at radius 1 is 1.32 bits per heavy atom. The molecule has 0 aromatic carbocycles. The van der Waals surface area contributed by atoms with Crippen LogP contribution >= 0.6 is 0 Å². The predicted octanol–water partition coefficient (Wildman–Crippen LogP) is 0.0160. The normalized spacial score (nSPS) is 35.0. The number of β-amino-alcohol motifs (C(OH)–C–C–N with tert-alkyl or cyclic N) is 1. The largest absolute Gasteiger partial charge is 0.391 e. The van der Waals surface area contributed by atoms with E-state index >= 15 is 0 Å². The average molecular weight is 263 g/mol. The van der Waals surface area contributed by atoms with E-state index in [4.69, 9.17) is 4.98 Å². The van der Waals surface area contributed by atoms with Gasteiger partial charge < -0.3 is 10.0 Å². The number of hydrogen-bond acceptors (Lipinski definition) is 6. The highest BCUT2D eigenvalue weighted by Gasteiger charge is 2.33. The molecule has 2 aliphatic rings. The summed E-state index contributed by atoms with van der Waals surface area (Å²) in [5.74, 6) is 2.07. The lowest BCUT2D eigenvalue weighted by Crippen LogP contribution is -2.30. The monoisotopic (exact) mass is 263 g/mol. The summed E-state index contributed by atoms with van der Waals surface area (Å²) < 4.78 is 0. The van der Waals surface area contributed by atoms with Crippen molar-refractivity contribution >= 4 is 5.82 Å². The lowest BCUT2D eigenvalue weighted by atomic mass is 9.96. The van der Waals surface area contributed by atoms with Crippen molar-refractivity contribution < 1.29 is 5.11 Å². The first kappa shape index (κ1) is 12.8. The number of nitrogens with one attached hydrogen (secondary N) is 2. The van der Waals surface area contributed by atoms with Crippen molar-refractivity contribution in [3.05, 3.63) is 18.1 Å². The van der Waals surface area contributed by atoms with Gasteiger partial charge in [-0.3, -0.25) is 10.9 Å². The third kappa shape index (κ3) is 2.43. The van der Waals surface area contributed by atoms with E-state index in [2.05, 4.69) is 34.6 Å². The van der Waals surface area contributed by atoms with Gasteiger partial charge in [-0.15, -0.1) is 0 Å². The van der Waals surface area contributed by atoms with Crippen molar-refractivity contribution in [2.45, 2.75) is 44.4 Å². The molecule has 0 saturated carbocycles. The van der Waals surface area contributed by atoms with Crippen LogP contribution in [0.1, 0.15) is 32.0 Å². The van der Waals surface area contributed by atoms with Crippen LogP contribution in [-0.2, 0) is 0 Å². The van der Waals surface area contributed by atoms with E-state index in [-0.39, 0.29) is 12.0 Å². The number of anilines is 1. The summed E-state index contributed by atoms with van der Waals surface area (Å²) in [6.45, 7) is 5.81. The van der Waals surface area contributed by atoms with Gasteiger partial charge in [0.15, 0.2) is 0 Å². The van der Waals surface area contributed by atoms with E-state index in [1.54, 1.807) is 0 Å². The van der Waals surface area contributed by atoms with Crippen LogP contribution in [0.15, 0.2) is 12.3 Å². The molecular weight excluding hydrogens is 242 g/mol. The fraction of sp³-hybridized carbons (Fsp3) is 0.692. The van der Waals surface area contributed by atoms with E-state index < -0.39 is 0 Å². The number of hydrogen-bond donors (Lipinski definition) is 3. The highest BCUT2D eigenvalue weighted by atomic mass is 16.3. The molecule has 3 atom stereocenters. The molecule has 1 aromatic rings. The molecule has 0 radical (unpaired) electrons. The maximum absolute atomic E-state index is 9.62. The van der Waals surface area contributed by atoms with Gasteiger partial charge in [0.05, 0.1) is 12.0 Å². The predicted molar refractivity (Wildman–Crippen MR) is 72.8 cm³/mol. The smallest absolute Gasteiger partial charge is 0.136 e. The third-order valence-electron chi connectivity index (χ3n) is 4.06. The molecule has 2 aliphatic heterocycles. The summed E-state index contributed by atoms with van der Waals surface area (Å²) in [7, 11) is 0. The van der Waals surface area contributed by atoms with Crippen molar-refractivity contribution in [3.63, 3.8) is 0 Å². The molecule has 2 saturated heterocycles. The molecule has 3 N–H and O–H groups in total. The van der Waals surface area contributed by atoms with Crippen molar-refractivity contribution in [2.24, 2.45) is 0 Å². The van der Waals surface area contributed by atoms with E-state index in [1.807, 2.05) is 12.3 Å². The lowest BCUT2D eigenvalue weighted by Gasteiger charge is -2.20. The Morgan fingerprint density at radius 2 is 2.05 bits per heavy atom. The second kappa shape index (κ2) is 5.03. The molecule has 0 amide bonds. The maximum atomic E-state index is 9.62. The molecule has 3 rings (SSSR count). The third-order valence-corrected chi connectivity index (χ3v) is 4.06. The maximum Gasteiger partial charge on any atom is 0.136 e. The summed E-state index contributed by atoms with van der Waals surface area (Å²) >= 11 is 0. The van der Waals surface area contributed by atoms with Crippen LogP contribution in [-0.4, -0.2) is 46.4 Å². The highest BCUT2D eigenvalue weighted by Crippen LogP contribution is 2.26. The molecule has 6 nitrogen and oxygen atoms in total. The Kier molecular flexibility index (Phi) is 3.38. The average Bonchev–Trinajstić information content (AvgIpc) is 2.97. The van der Waals surface area contributed by atoms with Gasteiger partial charge >= 0.3 is 0 Å². The first-order valence-corrected chi connectivity index (χ1v) is 6.92. The van der Waals surface area contributed by atoms with Crippen molar-refractivity contribution in [1.29, 1.82) is 0 Å². The zero-order chi connectivity index (χ0) is 13.4. The van der Waals surface area contributed by atoms with Gasteiger partial charge in [-0.25, -0.2) is 9.97 Å². The van der Waals surface area contributed by atoms with E-state index in [9.17, 15) is 5.11 Å². The first-order chi connectivity index (χ1) is 9.15. The number of hydrazine groups is 1. The van der Waals surface area contributed by atoms with Crippen LogP contribution < -0.4 is 15.8 Å². The number of nitrogens with zero attached hydrogens (tertiary/aromatic N) is 3. The summed E-state index contributed by atoms with van der Waals surface area (Å²) in [5, 5.41) is 9.62. The van der Waals surface area contributed by atoms with Crippen LogP contribution in [0.5, 0.6) is 0 Å². The molecule has 1 aromatic heterocycles. The molecule has 0 bridgehead atoms. The minimum Gasteiger partial charge on any atom is -0.391 e. The fourth-order valence-corrected chi connectivity index (χ4v) is 2.97. The van der Waals surface area contributed by atoms with Gasteiger partial charge in [0.1, 0.15) is 11.6 Å². The number of aliphatic hydroxyl groups is 1. The quantitative estimate of drug-likeness (QED) is 0.698. The Morgan fingerprint density at radius 3 is 2.68 bits per heavy atom. The number of rotatable bonds is 2. The van der Waals surface area contributed by atoms with Gasteiger partial charge in [0.25, 0.3) is 0 Å². The molecule has 2 fully saturated rings. The molecule has 19 heavy (non-hydrogen) atoms. The second-order valence-corrected chi connectivity index (χ2v) is 5.55. The molecule has 0 spiro atoms. The number of aliphatic hydroxyl groups excluding tert-OH is 1. The topological polar surface area (TPSA) is 73.3 Å². The van der Waals surface area contributed by atoms with Crippen molar-refractivity contribution in [1.82, 2.24) is 20.8 Å². The Balaban J connectivity index is 1.83. The van der Waals surface area contributed by atoms with Crippen LogP contribution in [0.25, 0.3) is 0 Å². The zero-order valence-corrected chi connectivity index (χ0v) is 11.4.